The Kier molecular flexibility index (Phi) is 6.66. The van der Waals surface area contributed by atoms with E-state index in [2.05, 4.69) is 10.1 Å². The van der Waals surface area contributed by atoms with Gasteiger partial charge >= 0.3 is 6.61 Å². The fraction of sp³-hybridized carbons (Fsp3) is 0.357. The predicted octanol–water partition coefficient (Wildman–Crippen LogP) is 2.19. The first-order valence-corrected chi connectivity index (χ1v) is 6.20. The Morgan fingerprint density at radius 1 is 1.45 bits per heavy atom. The van der Waals surface area contributed by atoms with Gasteiger partial charge in [-0.1, -0.05) is 25.1 Å². The molecule has 0 radical (unpaired) electrons. The Morgan fingerprint density at radius 2 is 2.15 bits per heavy atom. The summed E-state index contributed by atoms with van der Waals surface area (Å²) in [4.78, 5) is 11.6. The Balaban J connectivity index is 2.72. The molecule has 0 aliphatic carbocycles. The van der Waals surface area contributed by atoms with Gasteiger partial charge in [0.2, 0.25) is 5.91 Å². The van der Waals surface area contributed by atoms with Gasteiger partial charge in [0, 0.05) is 11.6 Å². The smallest absolute Gasteiger partial charge is 0.387 e. The normalized spacial score (nSPS) is 12.7. The van der Waals surface area contributed by atoms with Crippen LogP contribution in [0.1, 0.15) is 18.9 Å². The molecule has 0 spiro atoms. The summed E-state index contributed by atoms with van der Waals surface area (Å²) >= 11 is 0. The number of hydrogen-bond acceptors (Lipinski definition) is 3. The number of nitrogens with one attached hydrogen (secondary N) is 1. The van der Waals surface area contributed by atoms with Crippen LogP contribution in [0.15, 0.2) is 30.3 Å². The van der Waals surface area contributed by atoms with E-state index < -0.39 is 12.5 Å². The van der Waals surface area contributed by atoms with E-state index in [0.717, 1.165) is 0 Å². The van der Waals surface area contributed by atoms with E-state index >= 15 is 0 Å². The Morgan fingerprint density at radius 3 is 2.75 bits per heavy atom. The molecular formula is C14H17F2NO3. The zero-order valence-corrected chi connectivity index (χ0v) is 11.1. The van der Waals surface area contributed by atoms with E-state index in [9.17, 15) is 13.6 Å². The van der Waals surface area contributed by atoms with Crippen molar-refractivity contribution >= 4 is 12.0 Å². The van der Waals surface area contributed by atoms with Gasteiger partial charge in [0.05, 0.1) is 12.6 Å². The third-order valence-electron chi connectivity index (χ3n) is 2.61. The molecule has 1 aromatic carbocycles. The fourth-order valence-electron chi connectivity index (χ4n) is 1.51. The number of halogens is 2. The minimum Gasteiger partial charge on any atom is -0.434 e. The third kappa shape index (κ3) is 5.36. The van der Waals surface area contributed by atoms with Crippen LogP contribution < -0.4 is 10.1 Å². The Hall–Kier alpha value is -1.95. The van der Waals surface area contributed by atoms with Crippen LogP contribution in [0.25, 0.3) is 6.08 Å². The van der Waals surface area contributed by atoms with Gasteiger partial charge in [0.25, 0.3) is 0 Å². The van der Waals surface area contributed by atoms with Crippen molar-refractivity contribution < 1.29 is 23.4 Å². The molecule has 20 heavy (non-hydrogen) atoms. The molecule has 0 heterocycles. The number of ether oxygens (including phenoxy) is 1. The lowest BCUT2D eigenvalue weighted by molar-refractivity contribution is -0.117. The highest BCUT2D eigenvalue weighted by Gasteiger charge is 2.09. The minimum atomic E-state index is -2.92. The van der Waals surface area contributed by atoms with E-state index in [1.165, 1.54) is 18.2 Å². The summed E-state index contributed by atoms with van der Waals surface area (Å²) in [7, 11) is 0. The highest BCUT2D eigenvalue weighted by Crippen LogP contribution is 2.21. The van der Waals surface area contributed by atoms with E-state index in [1.54, 1.807) is 18.2 Å². The lowest BCUT2D eigenvalue weighted by Gasteiger charge is -2.12. The molecule has 2 N–H and O–H groups in total. The maximum Gasteiger partial charge on any atom is 0.387 e. The first-order chi connectivity index (χ1) is 9.56. The standard InChI is InChI=1S/C14H17F2NO3/c1-2-11(9-18)17-13(19)8-7-10-5-3-4-6-12(10)20-14(15)16/h3-8,11,14,18H,2,9H2,1H3,(H,17,19)/b8-7+. The van der Waals surface area contributed by atoms with Gasteiger partial charge in [-0.15, -0.1) is 0 Å². The highest BCUT2D eigenvalue weighted by molar-refractivity contribution is 5.92. The molecule has 0 aliphatic heterocycles. The van der Waals surface area contributed by atoms with Crippen LogP contribution >= 0.6 is 0 Å². The van der Waals surface area contributed by atoms with E-state index in [0.29, 0.717) is 12.0 Å². The largest absolute Gasteiger partial charge is 0.434 e. The van der Waals surface area contributed by atoms with Gasteiger partial charge in [0.15, 0.2) is 0 Å². The molecule has 4 nitrogen and oxygen atoms in total. The van der Waals surface area contributed by atoms with Crippen molar-refractivity contribution in [2.24, 2.45) is 0 Å². The summed E-state index contributed by atoms with van der Waals surface area (Å²) in [6.45, 7) is -1.24. The lowest BCUT2D eigenvalue weighted by atomic mass is 10.2. The average molecular weight is 285 g/mol. The summed E-state index contributed by atoms with van der Waals surface area (Å²) in [6.07, 6.45) is 3.20. The molecule has 0 aliphatic rings. The van der Waals surface area contributed by atoms with Crippen molar-refractivity contribution in [3.05, 3.63) is 35.9 Å². The highest BCUT2D eigenvalue weighted by atomic mass is 19.3. The number of para-hydroxylation sites is 1. The van der Waals surface area contributed by atoms with Crippen molar-refractivity contribution in [1.29, 1.82) is 0 Å². The van der Waals surface area contributed by atoms with Crippen molar-refractivity contribution in [3.63, 3.8) is 0 Å². The number of carbonyl (C=O) groups excluding carboxylic acids is 1. The second kappa shape index (κ2) is 8.27. The molecule has 0 saturated heterocycles. The number of alkyl halides is 2. The molecule has 0 fully saturated rings. The summed E-state index contributed by atoms with van der Waals surface area (Å²) < 4.78 is 28.8. The minimum absolute atomic E-state index is 0.000694. The number of carbonyl (C=O) groups is 1. The molecule has 1 atom stereocenters. The summed E-state index contributed by atoms with van der Waals surface area (Å²) in [5, 5.41) is 11.5. The van der Waals surface area contributed by atoms with E-state index in [1.807, 2.05) is 6.92 Å². The van der Waals surface area contributed by atoms with Crippen LogP contribution in [0, 0.1) is 0 Å². The van der Waals surface area contributed by atoms with E-state index in [-0.39, 0.29) is 18.4 Å². The molecule has 0 saturated carbocycles. The zero-order chi connectivity index (χ0) is 15.0. The van der Waals surface area contributed by atoms with Gasteiger partial charge in [-0.2, -0.15) is 8.78 Å². The van der Waals surface area contributed by atoms with Crippen LogP contribution in [0.4, 0.5) is 8.78 Å². The molecule has 1 unspecified atom stereocenters. The maximum absolute atomic E-state index is 12.2. The first-order valence-electron chi connectivity index (χ1n) is 6.20. The zero-order valence-electron chi connectivity index (χ0n) is 11.1. The SMILES string of the molecule is CCC(CO)NC(=O)/C=C/c1ccccc1OC(F)F. The first kappa shape index (κ1) is 16.1. The Bertz CT molecular complexity index is 459. The van der Waals surface area contributed by atoms with Crippen LogP contribution in [-0.4, -0.2) is 30.3 Å². The van der Waals surface area contributed by atoms with E-state index in [4.69, 9.17) is 5.11 Å². The third-order valence-corrected chi connectivity index (χ3v) is 2.61. The quantitative estimate of drug-likeness (QED) is 0.755. The van der Waals surface area contributed by atoms with Crippen LogP contribution in [0.5, 0.6) is 5.75 Å². The molecule has 0 aromatic heterocycles. The number of benzene rings is 1. The molecule has 1 amide bonds. The second-order valence-corrected chi connectivity index (χ2v) is 4.05. The second-order valence-electron chi connectivity index (χ2n) is 4.05. The maximum atomic E-state index is 12.2. The lowest BCUT2D eigenvalue weighted by Crippen LogP contribution is -2.35. The van der Waals surface area contributed by atoms with Crippen LogP contribution in [0.3, 0.4) is 0 Å². The Labute approximate surface area is 116 Å². The fourth-order valence-corrected chi connectivity index (χ4v) is 1.51. The topological polar surface area (TPSA) is 58.6 Å². The van der Waals surface area contributed by atoms with Crippen molar-refractivity contribution in [2.45, 2.75) is 26.0 Å². The predicted molar refractivity (Wildman–Crippen MR) is 71.4 cm³/mol. The van der Waals surface area contributed by atoms with Gasteiger partial charge in [-0.05, 0) is 18.6 Å². The molecule has 1 aromatic rings. The summed E-state index contributed by atoms with van der Waals surface area (Å²) in [5.74, 6) is -0.404. The van der Waals surface area contributed by atoms with Gasteiger partial charge in [-0.25, -0.2) is 0 Å². The number of hydrogen-bond donors (Lipinski definition) is 2. The number of aliphatic hydroxyl groups is 1. The number of amides is 1. The van der Waals surface area contributed by atoms with Crippen molar-refractivity contribution in [2.75, 3.05) is 6.61 Å². The molecule has 1 rings (SSSR count). The summed E-state index contributed by atoms with van der Waals surface area (Å²) in [6, 6.07) is 5.85. The van der Waals surface area contributed by atoms with Gasteiger partial charge in [-0.3, -0.25) is 4.79 Å². The van der Waals surface area contributed by atoms with Crippen LogP contribution in [0.2, 0.25) is 0 Å². The number of aliphatic hydroxyl groups excluding tert-OH is 1. The average Bonchev–Trinajstić information content (AvgIpc) is 2.43. The molecule has 0 bridgehead atoms. The van der Waals surface area contributed by atoms with Gasteiger partial charge < -0.3 is 15.2 Å². The van der Waals surface area contributed by atoms with Gasteiger partial charge in [0.1, 0.15) is 5.75 Å². The monoisotopic (exact) mass is 285 g/mol. The van der Waals surface area contributed by atoms with Crippen LogP contribution in [-0.2, 0) is 4.79 Å². The number of rotatable bonds is 7. The molecule has 6 heteroatoms. The van der Waals surface area contributed by atoms with Crippen molar-refractivity contribution in [1.82, 2.24) is 5.32 Å². The van der Waals surface area contributed by atoms with Crippen molar-refractivity contribution in [3.8, 4) is 5.75 Å². The molecule has 110 valence electrons. The molecular weight excluding hydrogens is 268 g/mol. The summed E-state index contributed by atoms with van der Waals surface area (Å²) in [5.41, 5.74) is 0.375.